The van der Waals surface area contributed by atoms with E-state index in [1.807, 2.05) is 77.9 Å². The number of aliphatic imine (C=N–C) groups is 2. The topological polar surface area (TPSA) is 113 Å². The zero-order valence-corrected chi connectivity index (χ0v) is 23.4. The minimum atomic E-state index is -0.193. The predicted octanol–water partition coefficient (Wildman–Crippen LogP) is 5.39. The zero-order chi connectivity index (χ0) is 28.6. The average molecular weight is 534 g/mol. The van der Waals surface area contributed by atoms with E-state index in [0.29, 0.717) is 34.2 Å². The van der Waals surface area contributed by atoms with Crippen molar-refractivity contribution in [3.8, 4) is 11.4 Å². The van der Waals surface area contributed by atoms with Gasteiger partial charge >= 0.3 is 0 Å². The third-order valence-electron chi connectivity index (χ3n) is 7.10. The van der Waals surface area contributed by atoms with E-state index in [1.165, 1.54) is 21.8 Å². The van der Waals surface area contributed by atoms with Gasteiger partial charge in [0.05, 0.1) is 22.5 Å². The summed E-state index contributed by atoms with van der Waals surface area (Å²) in [4.78, 5) is 39.5. The third-order valence-corrected chi connectivity index (χ3v) is 7.10. The van der Waals surface area contributed by atoms with E-state index in [9.17, 15) is 9.59 Å². The molecule has 5 rings (SSSR count). The molecule has 5 aromatic rings. The number of aromatic nitrogens is 5. The number of aromatic amines is 2. The number of hydrogen-bond acceptors (Lipinski definition) is 5. The van der Waals surface area contributed by atoms with Gasteiger partial charge in [-0.3, -0.25) is 19.8 Å². The Kier molecular flexibility index (Phi) is 7.04. The van der Waals surface area contributed by atoms with E-state index in [0.717, 1.165) is 33.6 Å². The van der Waals surface area contributed by atoms with Gasteiger partial charge in [-0.15, -0.1) is 0 Å². The lowest BCUT2D eigenvalue weighted by Crippen LogP contribution is -2.17. The van der Waals surface area contributed by atoms with Crippen LogP contribution in [0.5, 0.6) is 0 Å². The Labute approximate surface area is 231 Å². The van der Waals surface area contributed by atoms with E-state index in [1.54, 1.807) is 18.2 Å². The summed E-state index contributed by atoms with van der Waals surface area (Å²) in [6.07, 6.45) is 3.03. The van der Waals surface area contributed by atoms with Crippen LogP contribution in [0.4, 0.5) is 11.6 Å². The van der Waals surface area contributed by atoms with Gasteiger partial charge in [-0.1, -0.05) is 18.2 Å². The molecule has 0 saturated carbocycles. The van der Waals surface area contributed by atoms with Crippen LogP contribution in [0.15, 0.2) is 74.2 Å². The van der Waals surface area contributed by atoms with Gasteiger partial charge in [-0.25, -0.2) is 24.3 Å². The number of nitrogens with one attached hydrogen (secondary N) is 2. The summed E-state index contributed by atoms with van der Waals surface area (Å²) < 4.78 is 3.03. The molecule has 0 aliphatic carbocycles. The summed E-state index contributed by atoms with van der Waals surface area (Å²) in [5.74, 6) is 0.788. The normalized spacial score (nSPS) is 11.8. The molecular formula is C31H31N7O2. The second-order valence-corrected chi connectivity index (χ2v) is 9.99. The Morgan fingerprint density at radius 1 is 0.625 bits per heavy atom. The van der Waals surface area contributed by atoms with Crippen molar-refractivity contribution < 1.29 is 0 Å². The smallest absolute Gasteiger partial charge is 0.280 e. The molecule has 2 N–H and O–H groups in total. The first kappa shape index (κ1) is 26.6. The number of benzene rings is 2. The Hall–Kier alpha value is -5.05. The highest BCUT2D eigenvalue weighted by Crippen LogP contribution is 2.17. The van der Waals surface area contributed by atoms with Crippen LogP contribution in [0, 0.1) is 41.5 Å². The highest BCUT2D eigenvalue weighted by Gasteiger charge is 2.13. The van der Waals surface area contributed by atoms with Crippen molar-refractivity contribution >= 4 is 24.1 Å². The molecule has 40 heavy (non-hydrogen) atoms. The number of hydrogen-bond donors (Lipinski definition) is 2. The van der Waals surface area contributed by atoms with Crippen molar-refractivity contribution in [3.63, 3.8) is 0 Å². The Balaban J connectivity index is 1.39. The van der Waals surface area contributed by atoms with E-state index in [4.69, 9.17) is 0 Å². The van der Waals surface area contributed by atoms with Crippen LogP contribution in [0.3, 0.4) is 0 Å². The molecule has 0 saturated heterocycles. The van der Waals surface area contributed by atoms with Crippen LogP contribution in [0.2, 0.25) is 0 Å². The molecule has 3 aromatic heterocycles. The molecule has 2 aromatic carbocycles. The van der Waals surface area contributed by atoms with Crippen molar-refractivity contribution in [2.75, 3.05) is 0 Å². The molecule has 0 atom stereocenters. The Morgan fingerprint density at radius 2 is 1.05 bits per heavy atom. The third kappa shape index (κ3) is 5.13. The number of rotatable bonds is 6. The molecular weight excluding hydrogens is 502 g/mol. The van der Waals surface area contributed by atoms with Gasteiger partial charge in [0.2, 0.25) is 0 Å². The number of H-pyrrole nitrogens is 2. The lowest BCUT2D eigenvalue weighted by molar-refractivity contribution is 0.833. The van der Waals surface area contributed by atoms with E-state index >= 15 is 0 Å². The highest BCUT2D eigenvalue weighted by atomic mass is 16.1. The quantitative estimate of drug-likeness (QED) is 0.285. The van der Waals surface area contributed by atoms with Crippen LogP contribution in [-0.2, 0) is 0 Å². The van der Waals surface area contributed by atoms with Gasteiger partial charge in [0, 0.05) is 23.8 Å². The fourth-order valence-corrected chi connectivity index (χ4v) is 4.33. The van der Waals surface area contributed by atoms with Gasteiger partial charge in [0.1, 0.15) is 0 Å². The average Bonchev–Trinajstić information content (AvgIpc) is 3.38. The van der Waals surface area contributed by atoms with Crippen molar-refractivity contribution in [2.45, 2.75) is 41.5 Å². The fourth-order valence-electron chi connectivity index (χ4n) is 4.33. The SMILES string of the molecule is Cc1ccc(-n2[nH]c(C)c(C=Nc3cccc(N=Cc4c(C)[nH]n(-c5ccc(C)c(C)c5)c4=O)n3)c2=O)cc1C. The summed E-state index contributed by atoms with van der Waals surface area (Å²) in [5.41, 5.74) is 7.97. The Bertz CT molecular complexity index is 1780. The maximum absolute atomic E-state index is 13.1. The Morgan fingerprint density at radius 3 is 1.45 bits per heavy atom. The lowest BCUT2D eigenvalue weighted by atomic mass is 10.1. The molecule has 9 heteroatoms. The molecule has 3 heterocycles. The lowest BCUT2D eigenvalue weighted by Gasteiger charge is -2.05. The monoisotopic (exact) mass is 533 g/mol. The maximum Gasteiger partial charge on any atom is 0.280 e. The van der Waals surface area contributed by atoms with Gasteiger partial charge in [0.25, 0.3) is 11.1 Å². The summed E-state index contributed by atoms with van der Waals surface area (Å²) in [7, 11) is 0. The first-order valence-corrected chi connectivity index (χ1v) is 13.0. The first-order chi connectivity index (χ1) is 19.1. The molecule has 0 radical (unpaired) electrons. The standard InChI is InChI=1S/C31H31N7O2/c1-18-10-12-24(14-20(18)3)37-30(39)26(22(5)35-37)16-32-28-8-7-9-29(34-28)33-17-27-23(6)36-38(31(27)40)25-13-11-19(2)21(4)15-25/h7-17,35-36H,1-6H3. The second-order valence-electron chi connectivity index (χ2n) is 9.99. The molecule has 0 aliphatic heterocycles. The van der Waals surface area contributed by atoms with Crippen molar-refractivity contribution in [1.82, 2.24) is 24.5 Å². The van der Waals surface area contributed by atoms with Gasteiger partial charge < -0.3 is 0 Å². The molecule has 0 aliphatic rings. The van der Waals surface area contributed by atoms with Gasteiger partial charge in [-0.05, 0) is 100 Å². The maximum atomic E-state index is 13.1. The predicted molar refractivity (Wildman–Crippen MR) is 160 cm³/mol. The number of nitrogens with zero attached hydrogens (tertiary/aromatic N) is 5. The summed E-state index contributed by atoms with van der Waals surface area (Å²) in [6, 6.07) is 17.0. The number of pyridine rings is 1. The van der Waals surface area contributed by atoms with Crippen LogP contribution in [0.25, 0.3) is 11.4 Å². The minimum absolute atomic E-state index is 0.193. The van der Waals surface area contributed by atoms with Crippen LogP contribution in [-0.4, -0.2) is 37.0 Å². The van der Waals surface area contributed by atoms with Crippen LogP contribution in [0.1, 0.15) is 44.8 Å². The second kappa shape index (κ2) is 10.6. The van der Waals surface area contributed by atoms with Crippen LogP contribution < -0.4 is 11.1 Å². The summed E-state index contributed by atoms with van der Waals surface area (Å²) >= 11 is 0. The highest BCUT2D eigenvalue weighted by molar-refractivity contribution is 5.84. The van der Waals surface area contributed by atoms with Crippen LogP contribution >= 0.6 is 0 Å². The van der Waals surface area contributed by atoms with E-state index in [-0.39, 0.29) is 11.1 Å². The molecule has 0 amide bonds. The number of aryl methyl sites for hydroxylation is 6. The summed E-state index contributed by atoms with van der Waals surface area (Å²) in [5, 5.41) is 6.25. The minimum Gasteiger partial charge on any atom is -0.295 e. The van der Waals surface area contributed by atoms with E-state index in [2.05, 4.69) is 25.2 Å². The molecule has 0 unspecified atom stereocenters. The molecule has 0 fully saturated rings. The molecule has 202 valence electrons. The fraction of sp³-hybridized carbons (Fsp3) is 0.194. The van der Waals surface area contributed by atoms with Crippen molar-refractivity contribution in [2.24, 2.45) is 9.98 Å². The van der Waals surface area contributed by atoms with Crippen molar-refractivity contribution in [3.05, 3.63) is 120 Å². The van der Waals surface area contributed by atoms with E-state index < -0.39 is 0 Å². The van der Waals surface area contributed by atoms with Gasteiger partial charge in [0.15, 0.2) is 11.6 Å². The summed E-state index contributed by atoms with van der Waals surface area (Å²) in [6.45, 7) is 11.8. The van der Waals surface area contributed by atoms with Crippen molar-refractivity contribution in [1.29, 1.82) is 0 Å². The zero-order valence-electron chi connectivity index (χ0n) is 23.4. The largest absolute Gasteiger partial charge is 0.295 e. The first-order valence-electron chi connectivity index (χ1n) is 13.0. The molecule has 0 spiro atoms. The molecule has 0 bridgehead atoms. The van der Waals surface area contributed by atoms with Gasteiger partial charge in [-0.2, -0.15) is 0 Å². The molecule has 9 nitrogen and oxygen atoms in total.